The first-order valence-corrected chi connectivity index (χ1v) is 7.85. The van der Waals surface area contributed by atoms with Gasteiger partial charge in [-0.05, 0) is 32.6 Å². The van der Waals surface area contributed by atoms with E-state index >= 15 is 0 Å². The van der Waals surface area contributed by atoms with Crippen molar-refractivity contribution < 1.29 is 14.3 Å². The average molecular weight is 282 g/mol. The molecule has 0 aliphatic carbocycles. The summed E-state index contributed by atoms with van der Waals surface area (Å²) in [5.74, 6) is 0.238. The molecule has 2 aliphatic heterocycles. The summed E-state index contributed by atoms with van der Waals surface area (Å²) in [6.07, 6.45) is 4.78. The van der Waals surface area contributed by atoms with Crippen LogP contribution in [0.15, 0.2) is 0 Å². The van der Waals surface area contributed by atoms with Crippen LogP contribution in [0.3, 0.4) is 0 Å². The molecule has 0 N–H and O–H groups in total. The van der Waals surface area contributed by atoms with E-state index in [2.05, 4.69) is 6.92 Å². The molecule has 0 spiro atoms. The van der Waals surface area contributed by atoms with Crippen molar-refractivity contribution in [3.05, 3.63) is 0 Å². The zero-order chi connectivity index (χ0) is 14.5. The van der Waals surface area contributed by atoms with Crippen molar-refractivity contribution in [3.63, 3.8) is 0 Å². The molecule has 0 radical (unpaired) electrons. The van der Waals surface area contributed by atoms with Gasteiger partial charge in [0.1, 0.15) is 12.1 Å². The summed E-state index contributed by atoms with van der Waals surface area (Å²) in [5, 5.41) is 0. The minimum atomic E-state index is -0.313. The Morgan fingerprint density at radius 1 is 1.20 bits per heavy atom. The highest BCUT2D eigenvalue weighted by atomic mass is 16.5. The number of amides is 2. The monoisotopic (exact) mass is 282 g/mol. The molecule has 0 saturated carbocycles. The van der Waals surface area contributed by atoms with Gasteiger partial charge < -0.3 is 14.5 Å². The lowest BCUT2D eigenvalue weighted by Gasteiger charge is -2.41. The minimum absolute atomic E-state index is 0.110. The number of piperazine rings is 1. The zero-order valence-corrected chi connectivity index (χ0v) is 12.6. The zero-order valence-electron chi connectivity index (χ0n) is 12.6. The Morgan fingerprint density at radius 2 is 1.95 bits per heavy atom. The van der Waals surface area contributed by atoms with Crippen molar-refractivity contribution >= 4 is 11.8 Å². The Balaban J connectivity index is 1.81. The summed E-state index contributed by atoms with van der Waals surface area (Å²) in [5.41, 5.74) is 0. The van der Waals surface area contributed by atoms with E-state index in [1.807, 2.05) is 6.92 Å². The van der Waals surface area contributed by atoms with Crippen LogP contribution in [0.2, 0.25) is 0 Å². The third kappa shape index (κ3) is 3.14. The average Bonchev–Trinajstić information content (AvgIpc) is 2.93. The molecule has 2 fully saturated rings. The van der Waals surface area contributed by atoms with E-state index in [4.69, 9.17) is 4.74 Å². The molecule has 2 heterocycles. The molecule has 2 unspecified atom stereocenters. The fourth-order valence-electron chi connectivity index (χ4n) is 3.03. The topological polar surface area (TPSA) is 49.9 Å². The summed E-state index contributed by atoms with van der Waals surface area (Å²) >= 11 is 0. The van der Waals surface area contributed by atoms with Gasteiger partial charge in [-0.25, -0.2) is 0 Å². The van der Waals surface area contributed by atoms with Crippen molar-refractivity contribution in [2.24, 2.45) is 0 Å². The molecule has 0 aromatic carbocycles. The van der Waals surface area contributed by atoms with Crippen LogP contribution in [0.4, 0.5) is 0 Å². The molecule has 2 aliphatic rings. The lowest BCUT2D eigenvalue weighted by molar-refractivity contribution is -0.158. The molecule has 0 bridgehead atoms. The first-order chi connectivity index (χ1) is 9.66. The standard InChI is InChI=1S/C15H26N2O3/c1-3-4-10-20-11-6-9-16-12(2)14(18)17-8-5-7-13(17)15(16)19/h12-13H,3-11H2,1-2H3. The van der Waals surface area contributed by atoms with Gasteiger partial charge in [-0.1, -0.05) is 13.3 Å². The lowest BCUT2D eigenvalue weighted by atomic mass is 10.1. The van der Waals surface area contributed by atoms with E-state index in [1.54, 1.807) is 9.80 Å². The van der Waals surface area contributed by atoms with Gasteiger partial charge in [0, 0.05) is 26.3 Å². The number of fused-ring (bicyclic) bond motifs is 1. The highest BCUT2D eigenvalue weighted by Crippen LogP contribution is 2.26. The first kappa shape index (κ1) is 15.3. The number of rotatable bonds is 7. The molecule has 0 aromatic heterocycles. The molecule has 2 atom stereocenters. The van der Waals surface area contributed by atoms with E-state index in [9.17, 15) is 9.59 Å². The number of carbonyl (C=O) groups is 2. The molecule has 20 heavy (non-hydrogen) atoms. The van der Waals surface area contributed by atoms with Crippen molar-refractivity contribution in [1.82, 2.24) is 9.80 Å². The predicted octanol–water partition coefficient (Wildman–Crippen LogP) is 1.41. The third-order valence-corrected chi connectivity index (χ3v) is 4.26. The van der Waals surface area contributed by atoms with Crippen LogP contribution in [-0.4, -0.2) is 60.0 Å². The number of nitrogens with zero attached hydrogens (tertiary/aromatic N) is 2. The van der Waals surface area contributed by atoms with Gasteiger partial charge in [-0.3, -0.25) is 9.59 Å². The van der Waals surface area contributed by atoms with Crippen molar-refractivity contribution in [2.75, 3.05) is 26.3 Å². The van der Waals surface area contributed by atoms with E-state index in [0.29, 0.717) is 13.2 Å². The summed E-state index contributed by atoms with van der Waals surface area (Å²) < 4.78 is 5.52. The Morgan fingerprint density at radius 3 is 2.70 bits per heavy atom. The number of hydrogen-bond acceptors (Lipinski definition) is 3. The van der Waals surface area contributed by atoms with Gasteiger partial charge in [0.15, 0.2) is 0 Å². The Bertz CT molecular complexity index is 359. The van der Waals surface area contributed by atoms with Crippen LogP contribution in [0.5, 0.6) is 0 Å². The largest absolute Gasteiger partial charge is 0.381 e. The van der Waals surface area contributed by atoms with Gasteiger partial charge in [0.2, 0.25) is 11.8 Å². The molecular weight excluding hydrogens is 256 g/mol. The molecule has 2 rings (SSSR count). The van der Waals surface area contributed by atoms with Gasteiger partial charge in [-0.2, -0.15) is 0 Å². The Hall–Kier alpha value is -1.10. The second kappa shape index (κ2) is 7.07. The molecule has 2 amide bonds. The van der Waals surface area contributed by atoms with E-state index in [1.165, 1.54) is 0 Å². The maximum absolute atomic E-state index is 12.4. The van der Waals surface area contributed by atoms with Crippen LogP contribution in [0.25, 0.3) is 0 Å². The van der Waals surface area contributed by atoms with Gasteiger partial charge in [0.05, 0.1) is 0 Å². The fraction of sp³-hybridized carbons (Fsp3) is 0.867. The van der Waals surface area contributed by atoms with Crippen molar-refractivity contribution in [1.29, 1.82) is 0 Å². The van der Waals surface area contributed by atoms with Crippen LogP contribution in [0.1, 0.15) is 46.0 Å². The summed E-state index contributed by atoms with van der Waals surface area (Å²) in [6.45, 7) is 6.80. The van der Waals surface area contributed by atoms with Crippen molar-refractivity contribution in [3.8, 4) is 0 Å². The predicted molar refractivity (Wildman–Crippen MR) is 76.3 cm³/mol. The molecular formula is C15H26N2O3. The van der Waals surface area contributed by atoms with Gasteiger partial charge >= 0.3 is 0 Å². The lowest BCUT2D eigenvalue weighted by Crippen LogP contribution is -2.61. The van der Waals surface area contributed by atoms with Crippen LogP contribution in [0, 0.1) is 0 Å². The van der Waals surface area contributed by atoms with Crippen LogP contribution >= 0.6 is 0 Å². The molecule has 5 nitrogen and oxygen atoms in total. The van der Waals surface area contributed by atoms with Crippen molar-refractivity contribution in [2.45, 2.75) is 58.0 Å². The highest BCUT2D eigenvalue weighted by molar-refractivity contribution is 5.97. The quantitative estimate of drug-likeness (QED) is 0.664. The Kier molecular flexibility index (Phi) is 5.40. The van der Waals surface area contributed by atoms with Crippen LogP contribution in [-0.2, 0) is 14.3 Å². The van der Waals surface area contributed by atoms with Gasteiger partial charge in [-0.15, -0.1) is 0 Å². The smallest absolute Gasteiger partial charge is 0.246 e. The Labute approximate surface area is 121 Å². The fourth-order valence-corrected chi connectivity index (χ4v) is 3.03. The normalized spacial score (nSPS) is 26.3. The van der Waals surface area contributed by atoms with E-state index < -0.39 is 0 Å². The van der Waals surface area contributed by atoms with E-state index in [-0.39, 0.29) is 23.9 Å². The first-order valence-electron chi connectivity index (χ1n) is 7.85. The maximum Gasteiger partial charge on any atom is 0.246 e. The number of hydrogen-bond donors (Lipinski definition) is 0. The highest BCUT2D eigenvalue weighted by Gasteiger charge is 2.45. The number of ether oxygens (including phenoxy) is 1. The SMILES string of the molecule is CCCCOCCCN1C(=O)C2CCCN2C(=O)C1C. The van der Waals surface area contributed by atoms with E-state index in [0.717, 1.165) is 45.3 Å². The van der Waals surface area contributed by atoms with Crippen LogP contribution < -0.4 is 0 Å². The number of unbranched alkanes of at least 4 members (excludes halogenated alkanes) is 1. The molecule has 0 aromatic rings. The summed E-state index contributed by atoms with van der Waals surface area (Å²) in [7, 11) is 0. The van der Waals surface area contributed by atoms with Gasteiger partial charge in [0.25, 0.3) is 0 Å². The number of carbonyl (C=O) groups excluding carboxylic acids is 2. The minimum Gasteiger partial charge on any atom is -0.381 e. The molecule has 2 saturated heterocycles. The third-order valence-electron chi connectivity index (χ3n) is 4.26. The maximum atomic E-state index is 12.4. The molecule has 114 valence electrons. The summed E-state index contributed by atoms with van der Waals surface area (Å²) in [6, 6.07) is -0.507. The summed E-state index contributed by atoms with van der Waals surface area (Å²) in [4.78, 5) is 28.2. The second-order valence-electron chi connectivity index (χ2n) is 5.72. The molecule has 5 heteroatoms. The second-order valence-corrected chi connectivity index (χ2v) is 5.72.